The van der Waals surface area contributed by atoms with Crippen molar-refractivity contribution in [3.8, 4) is 0 Å². The molecule has 2 saturated carbocycles. The monoisotopic (exact) mass is 142 g/mol. The van der Waals surface area contributed by atoms with Crippen LogP contribution in [0.15, 0.2) is 0 Å². The minimum absolute atomic E-state index is 0.413. The molecule has 0 aromatic rings. The van der Waals surface area contributed by atoms with Crippen molar-refractivity contribution < 1.29 is 10.2 Å². The number of aliphatic hydroxyl groups is 2. The van der Waals surface area contributed by atoms with Crippen molar-refractivity contribution in [1.82, 2.24) is 0 Å². The van der Waals surface area contributed by atoms with Crippen LogP contribution in [0.2, 0.25) is 0 Å². The molecule has 2 aliphatic carbocycles. The van der Waals surface area contributed by atoms with Crippen LogP contribution in [-0.2, 0) is 0 Å². The van der Waals surface area contributed by atoms with Gasteiger partial charge in [0.05, 0.1) is 11.7 Å². The van der Waals surface area contributed by atoms with Gasteiger partial charge in [-0.3, -0.25) is 0 Å². The molecule has 2 heteroatoms. The molecule has 0 aromatic heterocycles. The molecule has 2 aliphatic rings. The largest absolute Gasteiger partial charge is 0.390 e. The Morgan fingerprint density at radius 2 is 2.10 bits per heavy atom. The molecule has 0 unspecified atom stereocenters. The minimum atomic E-state index is -0.668. The standard InChI is InChI=1S/C8H14O2/c9-7-5-6-3-1-2-4-8(6,7)10/h6-7,9-10H,1-5H2/t6-,7-,8+/m1/s1. The van der Waals surface area contributed by atoms with Crippen molar-refractivity contribution in [2.24, 2.45) is 5.92 Å². The highest BCUT2D eigenvalue weighted by atomic mass is 16.3. The van der Waals surface area contributed by atoms with E-state index in [0.717, 1.165) is 25.7 Å². The van der Waals surface area contributed by atoms with Crippen LogP contribution < -0.4 is 0 Å². The van der Waals surface area contributed by atoms with E-state index in [4.69, 9.17) is 0 Å². The molecule has 3 atom stereocenters. The summed E-state index contributed by atoms with van der Waals surface area (Å²) in [4.78, 5) is 0. The van der Waals surface area contributed by atoms with E-state index in [-0.39, 0.29) is 0 Å². The Hall–Kier alpha value is -0.0800. The fraction of sp³-hybridized carbons (Fsp3) is 1.00. The van der Waals surface area contributed by atoms with E-state index >= 15 is 0 Å². The highest BCUT2D eigenvalue weighted by Crippen LogP contribution is 2.48. The average molecular weight is 142 g/mol. The molecule has 2 N–H and O–H groups in total. The van der Waals surface area contributed by atoms with Crippen molar-refractivity contribution in [3.05, 3.63) is 0 Å². The van der Waals surface area contributed by atoms with Crippen molar-refractivity contribution in [2.75, 3.05) is 0 Å². The zero-order valence-electron chi connectivity index (χ0n) is 6.08. The summed E-state index contributed by atoms with van der Waals surface area (Å²) in [7, 11) is 0. The van der Waals surface area contributed by atoms with Gasteiger partial charge in [-0.05, 0) is 25.2 Å². The zero-order chi connectivity index (χ0) is 7.19. The van der Waals surface area contributed by atoms with Gasteiger partial charge in [-0.15, -0.1) is 0 Å². The van der Waals surface area contributed by atoms with Crippen LogP contribution in [0, 0.1) is 5.92 Å². The first-order chi connectivity index (χ1) is 4.73. The molecular formula is C8H14O2. The summed E-state index contributed by atoms with van der Waals surface area (Å²) in [5.74, 6) is 0.413. The number of hydrogen-bond donors (Lipinski definition) is 2. The first-order valence-electron chi connectivity index (χ1n) is 4.14. The number of rotatable bonds is 0. The smallest absolute Gasteiger partial charge is 0.0934 e. The first-order valence-corrected chi connectivity index (χ1v) is 4.14. The lowest BCUT2D eigenvalue weighted by Gasteiger charge is -2.52. The molecule has 2 nitrogen and oxygen atoms in total. The van der Waals surface area contributed by atoms with Crippen LogP contribution in [-0.4, -0.2) is 21.9 Å². The van der Waals surface area contributed by atoms with Gasteiger partial charge >= 0.3 is 0 Å². The Morgan fingerprint density at radius 1 is 1.30 bits per heavy atom. The quantitative estimate of drug-likeness (QED) is 0.522. The van der Waals surface area contributed by atoms with E-state index in [9.17, 15) is 10.2 Å². The summed E-state index contributed by atoms with van der Waals surface area (Å²) in [6, 6.07) is 0. The molecule has 0 aromatic carbocycles. The van der Waals surface area contributed by atoms with Gasteiger partial charge in [0.15, 0.2) is 0 Å². The molecular weight excluding hydrogens is 128 g/mol. The van der Waals surface area contributed by atoms with E-state index in [1.165, 1.54) is 6.42 Å². The van der Waals surface area contributed by atoms with Gasteiger partial charge in [-0.25, -0.2) is 0 Å². The highest BCUT2D eigenvalue weighted by Gasteiger charge is 2.53. The van der Waals surface area contributed by atoms with Crippen molar-refractivity contribution >= 4 is 0 Å². The van der Waals surface area contributed by atoms with E-state index < -0.39 is 11.7 Å². The van der Waals surface area contributed by atoms with Crippen molar-refractivity contribution in [2.45, 2.75) is 43.8 Å². The maximum absolute atomic E-state index is 9.75. The van der Waals surface area contributed by atoms with Crippen molar-refractivity contribution in [3.63, 3.8) is 0 Å². The Morgan fingerprint density at radius 3 is 2.60 bits per heavy atom. The van der Waals surface area contributed by atoms with Crippen LogP contribution in [0.3, 0.4) is 0 Å². The van der Waals surface area contributed by atoms with Crippen LogP contribution in [0.25, 0.3) is 0 Å². The molecule has 58 valence electrons. The molecule has 10 heavy (non-hydrogen) atoms. The maximum atomic E-state index is 9.75. The number of fused-ring (bicyclic) bond motifs is 1. The third-order valence-corrected chi connectivity index (χ3v) is 3.17. The molecule has 2 fully saturated rings. The number of aliphatic hydroxyl groups excluding tert-OH is 1. The summed E-state index contributed by atoms with van der Waals surface area (Å²) in [6.45, 7) is 0. The SMILES string of the molecule is O[C@@H]1C[C@H]2CCCC[C@]21O. The summed E-state index contributed by atoms with van der Waals surface area (Å²) in [6.07, 6.45) is 4.67. The van der Waals surface area contributed by atoms with Gasteiger partial charge in [-0.2, -0.15) is 0 Å². The number of hydrogen-bond acceptors (Lipinski definition) is 2. The fourth-order valence-electron chi connectivity index (χ4n) is 2.33. The zero-order valence-corrected chi connectivity index (χ0v) is 6.08. The second-order valence-electron chi connectivity index (χ2n) is 3.69. The average Bonchev–Trinajstić information content (AvgIpc) is 1.93. The molecule has 0 bridgehead atoms. The van der Waals surface area contributed by atoms with Gasteiger partial charge in [0.2, 0.25) is 0 Å². The van der Waals surface area contributed by atoms with E-state index in [1.807, 2.05) is 0 Å². The van der Waals surface area contributed by atoms with Crippen molar-refractivity contribution in [1.29, 1.82) is 0 Å². The summed E-state index contributed by atoms with van der Waals surface area (Å²) < 4.78 is 0. The van der Waals surface area contributed by atoms with Crippen LogP contribution in [0.4, 0.5) is 0 Å². The second-order valence-corrected chi connectivity index (χ2v) is 3.69. The van der Waals surface area contributed by atoms with Crippen LogP contribution in [0.5, 0.6) is 0 Å². The molecule has 0 spiro atoms. The fourth-order valence-corrected chi connectivity index (χ4v) is 2.33. The molecule has 0 saturated heterocycles. The molecule has 0 radical (unpaired) electrons. The van der Waals surface area contributed by atoms with Gasteiger partial charge in [-0.1, -0.05) is 12.8 Å². The third-order valence-electron chi connectivity index (χ3n) is 3.17. The second kappa shape index (κ2) is 1.95. The molecule has 0 amide bonds. The minimum Gasteiger partial charge on any atom is -0.390 e. The predicted octanol–water partition coefficient (Wildman–Crippen LogP) is 0.672. The lowest BCUT2D eigenvalue weighted by Crippen LogP contribution is -2.60. The first kappa shape index (κ1) is 6.62. The Kier molecular flexibility index (Phi) is 1.29. The Labute approximate surface area is 60.9 Å². The van der Waals surface area contributed by atoms with Crippen LogP contribution in [0.1, 0.15) is 32.1 Å². The normalized spacial score (nSPS) is 53.4. The Balaban J connectivity index is 2.08. The van der Waals surface area contributed by atoms with Gasteiger partial charge in [0, 0.05) is 0 Å². The van der Waals surface area contributed by atoms with Gasteiger partial charge in [0.25, 0.3) is 0 Å². The van der Waals surface area contributed by atoms with E-state index in [1.54, 1.807) is 0 Å². The summed E-state index contributed by atoms with van der Waals surface area (Å²) in [5.41, 5.74) is -0.668. The molecule has 0 aliphatic heterocycles. The lowest BCUT2D eigenvalue weighted by atomic mass is 9.60. The topological polar surface area (TPSA) is 40.5 Å². The maximum Gasteiger partial charge on any atom is 0.0934 e. The van der Waals surface area contributed by atoms with E-state index in [2.05, 4.69) is 0 Å². The molecule has 2 rings (SSSR count). The Bertz CT molecular complexity index is 144. The highest BCUT2D eigenvalue weighted by molar-refractivity contribution is 5.05. The lowest BCUT2D eigenvalue weighted by molar-refractivity contribution is -0.208. The summed E-state index contributed by atoms with van der Waals surface area (Å²) in [5, 5.41) is 19.0. The van der Waals surface area contributed by atoms with Gasteiger partial charge < -0.3 is 10.2 Å². The van der Waals surface area contributed by atoms with E-state index in [0.29, 0.717) is 5.92 Å². The summed E-state index contributed by atoms with van der Waals surface area (Å²) >= 11 is 0. The van der Waals surface area contributed by atoms with Crippen LogP contribution >= 0.6 is 0 Å². The molecule has 0 heterocycles. The van der Waals surface area contributed by atoms with Gasteiger partial charge in [0.1, 0.15) is 0 Å². The third kappa shape index (κ3) is 0.663. The predicted molar refractivity (Wildman–Crippen MR) is 37.5 cm³/mol.